The third-order valence-electron chi connectivity index (χ3n) is 4.79. The second kappa shape index (κ2) is 5.13. The average molecular weight is 269 g/mol. The fourth-order valence-corrected chi connectivity index (χ4v) is 3.42. The van der Waals surface area contributed by atoms with Crippen LogP contribution in [0.1, 0.15) is 38.5 Å². The molecule has 0 aromatic rings. The number of ether oxygens (including phenoxy) is 1. The van der Waals surface area contributed by atoms with Crippen LogP contribution in [-0.4, -0.2) is 42.6 Å². The van der Waals surface area contributed by atoms with Crippen LogP contribution >= 0.6 is 0 Å². The van der Waals surface area contributed by atoms with Gasteiger partial charge < -0.3 is 20.1 Å². The van der Waals surface area contributed by atoms with Crippen LogP contribution in [0, 0.1) is 10.8 Å². The third kappa shape index (κ3) is 2.49. The fraction of sp³-hybridized carbons (Fsp3) is 0.833. The van der Waals surface area contributed by atoms with E-state index in [1.807, 2.05) is 0 Å². The zero-order valence-corrected chi connectivity index (χ0v) is 11.1. The highest BCUT2D eigenvalue weighted by Crippen LogP contribution is 2.57. The highest BCUT2D eigenvalue weighted by atomic mass is 16.5. The van der Waals surface area contributed by atoms with Crippen molar-refractivity contribution in [2.75, 3.05) is 13.6 Å². The summed E-state index contributed by atoms with van der Waals surface area (Å²) < 4.78 is 4.88. The quantitative estimate of drug-likeness (QED) is 0.478. The molecule has 3 fully saturated rings. The standard InChI is InChI=1S/C12H20BNO5/c1-19-10(16)12-5-2-11(3-6-12,4-7-12)9(15)14-8-13(17)18/h17-18H,2-8H2,1H3,(H,14,15). The molecule has 3 saturated carbocycles. The van der Waals surface area contributed by atoms with Crippen LogP contribution in [0.4, 0.5) is 0 Å². The van der Waals surface area contributed by atoms with Gasteiger partial charge in [-0.15, -0.1) is 0 Å². The number of carbonyl (C=O) groups excluding carboxylic acids is 2. The van der Waals surface area contributed by atoms with Gasteiger partial charge in [-0.3, -0.25) is 9.59 Å². The van der Waals surface area contributed by atoms with E-state index >= 15 is 0 Å². The minimum Gasteiger partial charge on any atom is -0.469 e. The maximum atomic E-state index is 12.2. The second-order valence-electron chi connectivity index (χ2n) is 5.74. The number of amides is 1. The summed E-state index contributed by atoms with van der Waals surface area (Å²) >= 11 is 0. The van der Waals surface area contributed by atoms with Crippen LogP contribution in [0.2, 0.25) is 0 Å². The fourth-order valence-electron chi connectivity index (χ4n) is 3.42. The van der Waals surface area contributed by atoms with Crippen molar-refractivity contribution < 1.29 is 24.4 Å². The molecule has 7 heteroatoms. The lowest BCUT2D eigenvalue weighted by molar-refractivity contribution is -0.166. The Labute approximate surface area is 112 Å². The largest absolute Gasteiger partial charge is 0.472 e. The molecule has 3 aliphatic rings. The first kappa shape index (κ1) is 14.3. The van der Waals surface area contributed by atoms with E-state index < -0.39 is 17.9 Å². The minimum absolute atomic E-state index is 0.126. The molecule has 0 aromatic heterocycles. The summed E-state index contributed by atoms with van der Waals surface area (Å²) in [6.45, 7) is 0. The first-order valence-electron chi connectivity index (χ1n) is 6.67. The highest BCUT2D eigenvalue weighted by Gasteiger charge is 2.55. The van der Waals surface area contributed by atoms with Gasteiger partial charge in [0.05, 0.1) is 19.0 Å². The molecule has 0 heterocycles. The van der Waals surface area contributed by atoms with Gasteiger partial charge in [0.2, 0.25) is 5.91 Å². The normalized spacial score (nSPS) is 32.8. The number of esters is 1. The van der Waals surface area contributed by atoms with Gasteiger partial charge in [-0.1, -0.05) is 0 Å². The van der Waals surface area contributed by atoms with Crippen LogP contribution in [0.25, 0.3) is 0 Å². The summed E-state index contributed by atoms with van der Waals surface area (Å²) in [4.78, 5) is 24.0. The van der Waals surface area contributed by atoms with E-state index in [0.29, 0.717) is 38.5 Å². The summed E-state index contributed by atoms with van der Waals surface area (Å²) in [5, 5.41) is 20.2. The summed E-state index contributed by atoms with van der Waals surface area (Å²) in [7, 11) is -0.121. The van der Waals surface area contributed by atoms with Crippen LogP contribution in [0.5, 0.6) is 0 Å². The van der Waals surface area contributed by atoms with Gasteiger partial charge in [-0.05, 0) is 38.5 Å². The highest BCUT2D eigenvalue weighted by molar-refractivity contribution is 6.41. The van der Waals surface area contributed by atoms with Crippen molar-refractivity contribution in [1.29, 1.82) is 0 Å². The van der Waals surface area contributed by atoms with Gasteiger partial charge in [-0.25, -0.2) is 0 Å². The monoisotopic (exact) mass is 269 g/mol. The number of carbonyl (C=O) groups is 2. The summed E-state index contributed by atoms with van der Waals surface area (Å²) in [6.07, 6.45) is 3.86. The van der Waals surface area contributed by atoms with E-state index in [1.165, 1.54) is 7.11 Å². The third-order valence-corrected chi connectivity index (χ3v) is 4.79. The lowest BCUT2D eigenvalue weighted by Crippen LogP contribution is -2.53. The molecule has 0 aliphatic heterocycles. The smallest absolute Gasteiger partial charge is 0.469 e. The molecule has 0 unspecified atom stereocenters. The van der Waals surface area contributed by atoms with Crippen molar-refractivity contribution in [1.82, 2.24) is 5.32 Å². The average Bonchev–Trinajstić information content (AvgIpc) is 2.45. The zero-order chi connectivity index (χ0) is 14.1. The number of rotatable bonds is 4. The van der Waals surface area contributed by atoms with Crippen LogP contribution < -0.4 is 5.32 Å². The minimum atomic E-state index is -1.53. The Bertz CT molecular complexity index is 360. The second-order valence-corrected chi connectivity index (χ2v) is 5.74. The summed E-state index contributed by atoms with van der Waals surface area (Å²) in [5.74, 6) is -0.286. The van der Waals surface area contributed by atoms with E-state index in [1.54, 1.807) is 0 Å². The molecule has 0 spiro atoms. The Kier molecular flexibility index (Phi) is 3.87. The van der Waals surface area contributed by atoms with Crippen molar-refractivity contribution in [2.45, 2.75) is 38.5 Å². The van der Waals surface area contributed by atoms with Gasteiger partial charge in [0.1, 0.15) is 0 Å². The SMILES string of the molecule is COC(=O)C12CCC(C(=O)NCB(O)O)(CC1)CC2. The number of hydrogen-bond acceptors (Lipinski definition) is 5. The summed E-state index contributed by atoms with van der Waals surface area (Å²) in [6, 6.07) is 0. The molecule has 0 aromatic carbocycles. The van der Waals surface area contributed by atoms with E-state index in [0.717, 1.165) is 0 Å². The molecule has 3 aliphatic carbocycles. The maximum Gasteiger partial charge on any atom is 0.472 e. The molecule has 106 valence electrons. The van der Waals surface area contributed by atoms with E-state index in [4.69, 9.17) is 14.8 Å². The van der Waals surface area contributed by atoms with Crippen molar-refractivity contribution in [2.24, 2.45) is 10.8 Å². The zero-order valence-electron chi connectivity index (χ0n) is 11.1. The van der Waals surface area contributed by atoms with Crippen LogP contribution in [0.3, 0.4) is 0 Å². The van der Waals surface area contributed by atoms with Gasteiger partial charge in [0, 0.05) is 5.41 Å². The first-order chi connectivity index (χ1) is 8.94. The van der Waals surface area contributed by atoms with Crippen molar-refractivity contribution >= 4 is 19.0 Å². The molecular formula is C12H20BNO5. The number of methoxy groups -OCH3 is 1. The number of nitrogens with one attached hydrogen (secondary N) is 1. The predicted molar refractivity (Wildman–Crippen MR) is 67.8 cm³/mol. The van der Waals surface area contributed by atoms with E-state index in [9.17, 15) is 9.59 Å². The van der Waals surface area contributed by atoms with Gasteiger partial charge in [0.15, 0.2) is 0 Å². The van der Waals surface area contributed by atoms with Crippen molar-refractivity contribution in [3.8, 4) is 0 Å². The Morgan fingerprint density at radius 1 is 1.11 bits per heavy atom. The lowest BCUT2D eigenvalue weighted by Gasteiger charge is -2.50. The van der Waals surface area contributed by atoms with E-state index in [2.05, 4.69) is 5.32 Å². The van der Waals surface area contributed by atoms with Gasteiger partial charge in [0.25, 0.3) is 0 Å². The molecule has 2 bridgehead atoms. The topological polar surface area (TPSA) is 95.9 Å². The predicted octanol–water partition coefficient (Wildman–Crippen LogP) is -0.372. The van der Waals surface area contributed by atoms with Crippen molar-refractivity contribution in [3.05, 3.63) is 0 Å². The molecule has 19 heavy (non-hydrogen) atoms. The molecule has 0 saturated heterocycles. The number of hydrogen-bond donors (Lipinski definition) is 3. The molecule has 0 atom stereocenters. The van der Waals surface area contributed by atoms with Crippen LogP contribution in [-0.2, 0) is 14.3 Å². The Hall–Kier alpha value is -1.08. The van der Waals surface area contributed by atoms with Gasteiger partial charge in [-0.2, -0.15) is 0 Å². The Morgan fingerprint density at radius 2 is 1.58 bits per heavy atom. The van der Waals surface area contributed by atoms with Crippen LogP contribution in [0.15, 0.2) is 0 Å². The Balaban J connectivity index is 2.00. The molecule has 3 N–H and O–H groups in total. The van der Waals surface area contributed by atoms with E-state index in [-0.39, 0.29) is 18.3 Å². The molecule has 6 nitrogen and oxygen atoms in total. The Morgan fingerprint density at radius 3 is 2.00 bits per heavy atom. The maximum absolute atomic E-state index is 12.2. The summed E-state index contributed by atoms with van der Waals surface area (Å²) in [5.41, 5.74) is -0.835. The van der Waals surface area contributed by atoms with Crippen molar-refractivity contribution in [3.63, 3.8) is 0 Å². The number of fused-ring (bicyclic) bond motifs is 3. The molecular weight excluding hydrogens is 249 g/mol. The van der Waals surface area contributed by atoms with Gasteiger partial charge >= 0.3 is 13.1 Å². The lowest BCUT2D eigenvalue weighted by atomic mass is 9.53. The molecule has 1 amide bonds. The molecule has 0 radical (unpaired) electrons. The molecule has 3 rings (SSSR count). The first-order valence-corrected chi connectivity index (χ1v) is 6.67.